The van der Waals surface area contributed by atoms with Crippen LogP contribution < -0.4 is 0 Å². The Hall–Kier alpha value is -2.92. The molecule has 0 saturated carbocycles. The number of ether oxygens (including phenoxy) is 3. The highest BCUT2D eigenvalue weighted by Crippen LogP contribution is 2.14. The van der Waals surface area contributed by atoms with E-state index in [4.69, 9.17) is 14.2 Å². The summed E-state index contributed by atoms with van der Waals surface area (Å²) in [6.45, 7) is 7.47. The average molecular weight is 779 g/mol. The minimum Gasteiger partial charge on any atom is -0.462 e. The van der Waals surface area contributed by atoms with E-state index in [0.717, 1.165) is 83.5 Å². The molecule has 1 unspecified atom stereocenters. The minimum atomic E-state index is -0.576. The Bertz CT molecular complexity index is 1060. The second-order valence-electron chi connectivity index (χ2n) is 14.9. The van der Waals surface area contributed by atoms with Crippen LogP contribution >= 0.6 is 0 Å². The van der Waals surface area contributed by atoms with Crippen molar-refractivity contribution < 1.29 is 23.8 Å². The van der Waals surface area contributed by atoms with E-state index in [1.165, 1.54) is 77.0 Å². The summed E-state index contributed by atoms with van der Waals surface area (Å²) in [5, 5.41) is 0. The van der Waals surface area contributed by atoms with Gasteiger partial charge < -0.3 is 14.2 Å². The van der Waals surface area contributed by atoms with Gasteiger partial charge in [0.25, 0.3) is 0 Å². The molecule has 0 fully saturated rings. The number of carbonyl (C=O) groups excluding carboxylic acids is 2. The van der Waals surface area contributed by atoms with Crippen molar-refractivity contribution in [3.05, 3.63) is 85.1 Å². The summed E-state index contributed by atoms with van der Waals surface area (Å²) < 4.78 is 17.2. The van der Waals surface area contributed by atoms with Crippen molar-refractivity contribution in [2.45, 2.75) is 207 Å². The van der Waals surface area contributed by atoms with Crippen LogP contribution in [0.2, 0.25) is 0 Å². The first-order valence-electron chi connectivity index (χ1n) is 23.1. The van der Waals surface area contributed by atoms with Gasteiger partial charge in [-0.25, -0.2) is 0 Å². The standard InChI is InChI=1S/C51H86O5/c1-4-7-10-13-16-19-22-25-28-31-34-37-40-43-46-54-47-49(56-51(53)45-42-39-36-33-30-27-24-21-18-15-12-9-6-3)48-55-50(52)44-41-38-35-32-29-26-23-20-17-14-11-8-5-2/h7-8,10-11,16-17,19-20,25-26,28-29,35,38,49H,4-6,9,12-15,18,21-24,27,30-34,36-37,39-48H2,1-3H3/b10-7-,11-8-,19-16-,20-17-,28-25-,29-26-,38-35-. The summed E-state index contributed by atoms with van der Waals surface area (Å²) in [7, 11) is 0. The van der Waals surface area contributed by atoms with E-state index in [-0.39, 0.29) is 25.2 Å². The molecule has 320 valence electrons. The first-order valence-corrected chi connectivity index (χ1v) is 23.1. The summed E-state index contributed by atoms with van der Waals surface area (Å²) in [6.07, 6.45) is 60.3. The molecule has 1 atom stereocenters. The Balaban J connectivity index is 4.40. The van der Waals surface area contributed by atoms with Gasteiger partial charge in [-0.15, -0.1) is 0 Å². The van der Waals surface area contributed by atoms with Crippen LogP contribution in [0.1, 0.15) is 201 Å². The van der Waals surface area contributed by atoms with Gasteiger partial charge in [0.1, 0.15) is 6.61 Å². The third-order valence-electron chi connectivity index (χ3n) is 9.44. The van der Waals surface area contributed by atoms with Gasteiger partial charge in [0.2, 0.25) is 0 Å². The van der Waals surface area contributed by atoms with Crippen molar-refractivity contribution in [2.75, 3.05) is 19.8 Å². The van der Waals surface area contributed by atoms with E-state index in [2.05, 4.69) is 99.8 Å². The molecule has 0 radical (unpaired) electrons. The van der Waals surface area contributed by atoms with Crippen LogP contribution in [0.25, 0.3) is 0 Å². The van der Waals surface area contributed by atoms with E-state index in [1.807, 2.05) is 6.08 Å². The Morgan fingerprint density at radius 3 is 1.36 bits per heavy atom. The molecule has 0 bridgehead atoms. The lowest BCUT2D eigenvalue weighted by Gasteiger charge is -2.18. The van der Waals surface area contributed by atoms with Crippen molar-refractivity contribution in [2.24, 2.45) is 0 Å². The quantitative estimate of drug-likeness (QED) is 0.0351. The van der Waals surface area contributed by atoms with E-state index in [9.17, 15) is 9.59 Å². The molecule has 0 aliphatic heterocycles. The average Bonchev–Trinajstić information content (AvgIpc) is 3.20. The molecule has 0 rings (SSSR count). The predicted molar refractivity (Wildman–Crippen MR) is 242 cm³/mol. The molecule has 0 aromatic heterocycles. The van der Waals surface area contributed by atoms with Gasteiger partial charge in [-0.1, -0.05) is 196 Å². The number of rotatable bonds is 41. The molecule has 5 nitrogen and oxygen atoms in total. The van der Waals surface area contributed by atoms with Crippen LogP contribution in [0, 0.1) is 0 Å². The second kappa shape index (κ2) is 46.5. The number of carbonyl (C=O) groups is 2. The van der Waals surface area contributed by atoms with Crippen molar-refractivity contribution in [3.63, 3.8) is 0 Å². The Morgan fingerprint density at radius 2 is 0.839 bits per heavy atom. The maximum atomic E-state index is 12.7. The van der Waals surface area contributed by atoms with Gasteiger partial charge in [0.15, 0.2) is 6.10 Å². The normalized spacial score (nSPS) is 13.0. The number of allylic oxidation sites excluding steroid dienone is 14. The summed E-state index contributed by atoms with van der Waals surface area (Å²) in [5.74, 6) is -0.506. The Morgan fingerprint density at radius 1 is 0.411 bits per heavy atom. The van der Waals surface area contributed by atoms with Gasteiger partial charge in [0.05, 0.1) is 6.61 Å². The Labute approximate surface area is 346 Å². The third-order valence-corrected chi connectivity index (χ3v) is 9.44. The number of unbranched alkanes of at least 4 members (excludes halogenated alkanes) is 16. The van der Waals surface area contributed by atoms with Gasteiger partial charge >= 0.3 is 11.9 Å². The van der Waals surface area contributed by atoms with Gasteiger partial charge in [-0.3, -0.25) is 9.59 Å². The molecule has 56 heavy (non-hydrogen) atoms. The first-order chi connectivity index (χ1) is 27.6. The molecule has 0 saturated heterocycles. The van der Waals surface area contributed by atoms with E-state index in [1.54, 1.807) is 0 Å². The number of hydrogen-bond donors (Lipinski definition) is 0. The van der Waals surface area contributed by atoms with Crippen LogP contribution in [-0.4, -0.2) is 37.9 Å². The molecular weight excluding hydrogens is 693 g/mol. The molecule has 0 heterocycles. The third kappa shape index (κ3) is 43.8. The Kier molecular flexibility index (Phi) is 44.0. The van der Waals surface area contributed by atoms with Crippen LogP contribution in [0.4, 0.5) is 0 Å². The zero-order chi connectivity index (χ0) is 40.7. The fourth-order valence-corrected chi connectivity index (χ4v) is 6.07. The molecule has 0 N–H and O–H groups in total. The lowest BCUT2D eigenvalue weighted by Crippen LogP contribution is -2.30. The lowest BCUT2D eigenvalue weighted by atomic mass is 10.0. The van der Waals surface area contributed by atoms with Crippen molar-refractivity contribution in [3.8, 4) is 0 Å². The molecule has 0 aliphatic rings. The van der Waals surface area contributed by atoms with E-state index >= 15 is 0 Å². The number of esters is 2. The molecule has 0 spiro atoms. The van der Waals surface area contributed by atoms with Crippen LogP contribution in [-0.2, 0) is 23.8 Å². The SMILES string of the molecule is CC/C=C\C/C=C\C/C=C\C/C=C\CCC(=O)OCC(COCCCCCC/C=C\C/C=C\C/C=C\CC)OC(=O)CCCCCCCCCCCCCCC. The second-order valence-corrected chi connectivity index (χ2v) is 14.9. The summed E-state index contributed by atoms with van der Waals surface area (Å²) >= 11 is 0. The monoisotopic (exact) mass is 779 g/mol. The van der Waals surface area contributed by atoms with Gasteiger partial charge in [0, 0.05) is 19.4 Å². The number of hydrogen-bond acceptors (Lipinski definition) is 5. The molecule has 0 aromatic carbocycles. The maximum absolute atomic E-state index is 12.7. The molecular formula is C51H86O5. The van der Waals surface area contributed by atoms with Gasteiger partial charge in [-0.05, 0) is 77.0 Å². The largest absolute Gasteiger partial charge is 0.462 e. The fraction of sp³-hybridized carbons (Fsp3) is 0.686. The summed E-state index contributed by atoms with van der Waals surface area (Å²) in [4.78, 5) is 25.2. The van der Waals surface area contributed by atoms with Crippen molar-refractivity contribution in [1.82, 2.24) is 0 Å². The molecule has 5 heteroatoms. The maximum Gasteiger partial charge on any atom is 0.306 e. The van der Waals surface area contributed by atoms with E-state index < -0.39 is 6.10 Å². The van der Waals surface area contributed by atoms with Crippen LogP contribution in [0.3, 0.4) is 0 Å². The van der Waals surface area contributed by atoms with Crippen LogP contribution in [0.15, 0.2) is 85.1 Å². The lowest BCUT2D eigenvalue weighted by molar-refractivity contribution is -0.162. The zero-order valence-electron chi connectivity index (χ0n) is 36.6. The topological polar surface area (TPSA) is 61.8 Å². The first kappa shape index (κ1) is 53.1. The smallest absolute Gasteiger partial charge is 0.306 e. The predicted octanol–water partition coefficient (Wildman–Crippen LogP) is 15.3. The van der Waals surface area contributed by atoms with Gasteiger partial charge in [-0.2, -0.15) is 0 Å². The highest BCUT2D eigenvalue weighted by atomic mass is 16.6. The molecule has 0 amide bonds. The molecule has 0 aromatic rings. The van der Waals surface area contributed by atoms with Crippen LogP contribution in [0.5, 0.6) is 0 Å². The zero-order valence-corrected chi connectivity index (χ0v) is 36.6. The summed E-state index contributed by atoms with van der Waals surface area (Å²) in [5.41, 5.74) is 0. The minimum absolute atomic E-state index is 0.0361. The van der Waals surface area contributed by atoms with Crippen molar-refractivity contribution >= 4 is 11.9 Å². The fourth-order valence-electron chi connectivity index (χ4n) is 6.07. The molecule has 0 aliphatic carbocycles. The van der Waals surface area contributed by atoms with Crippen molar-refractivity contribution in [1.29, 1.82) is 0 Å². The highest BCUT2D eigenvalue weighted by molar-refractivity contribution is 5.70. The van der Waals surface area contributed by atoms with E-state index in [0.29, 0.717) is 25.9 Å². The summed E-state index contributed by atoms with van der Waals surface area (Å²) in [6, 6.07) is 0. The highest BCUT2D eigenvalue weighted by Gasteiger charge is 2.17.